The van der Waals surface area contributed by atoms with Crippen LogP contribution >= 0.6 is 0 Å². The summed E-state index contributed by atoms with van der Waals surface area (Å²) in [5, 5.41) is 7.30. The highest BCUT2D eigenvalue weighted by Gasteiger charge is 2.20. The van der Waals surface area contributed by atoms with Gasteiger partial charge in [0, 0.05) is 20.0 Å². The zero-order valence-electron chi connectivity index (χ0n) is 14.9. The van der Waals surface area contributed by atoms with Crippen molar-refractivity contribution in [1.29, 1.82) is 0 Å². The molecule has 1 aromatic rings. The molecule has 0 aliphatic carbocycles. The lowest BCUT2D eigenvalue weighted by Gasteiger charge is -2.24. The molecule has 2 amide bonds. The number of carbonyl (C=O) groups is 2. The largest absolute Gasteiger partial charge is 0.481 e. The summed E-state index contributed by atoms with van der Waals surface area (Å²) in [4.78, 5) is 26.0. The summed E-state index contributed by atoms with van der Waals surface area (Å²) in [6.45, 7) is 3.18. The van der Waals surface area contributed by atoms with Gasteiger partial charge < -0.3 is 15.0 Å². The van der Waals surface area contributed by atoms with Crippen molar-refractivity contribution < 1.29 is 14.3 Å². The van der Waals surface area contributed by atoms with Crippen LogP contribution in [-0.2, 0) is 29.6 Å². The second-order valence-corrected chi connectivity index (χ2v) is 6.17. The summed E-state index contributed by atoms with van der Waals surface area (Å²) >= 11 is 0. The molecule has 0 spiro atoms. The Labute approximate surface area is 143 Å². The second-order valence-electron chi connectivity index (χ2n) is 6.17. The third-order valence-corrected chi connectivity index (χ3v) is 4.42. The molecule has 0 unspecified atom stereocenters. The Balaban J connectivity index is 1.94. The maximum atomic E-state index is 12.3. The molecule has 0 aromatic carbocycles. The third-order valence-electron chi connectivity index (χ3n) is 4.42. The van der Waals surface area contributed by atoms with Crippen molar-refractivity contribution in [3.8, 4) is 5.88 Å². The van der Waals surface area contributed by atoms with Crippen LogP contribution in [0.4, 0.5) is 0 Å². The summed E-state index contributed by atoms with van der Waals surface area (Å²) in [6.07, 6.45) is 5.43. The van der Waals surface area contributed by atoms with Crippen molar-refractivity contribution in [1.82, 2.24) is 20.0 Å². The number of carbonyl (C=O) groups excluding carboxylic acids is 2. The van der Waals surface area contributed by atoms with Gasteiger partial charge in [-0.2, -0.15) is 5.10 Å². The monoisotopic (exact) mass is 336 g/mol. The first-order chi connectivity index (χ1) is 11.6. The molecule has 1 aromatic heterocycles. The number of ether oxygens (including phenoxy) is 1. The Kier molecular flexibility index (Phi) is 6.63. The van der Waals surface area contributed by atoms with E-state index < -0.39 is 0 Å². The number of methoxy groups -OCH3 is 1. The van der Waals surface area contributed by atoms with Gasteiger partial charge in [-0.15, -0.1) is 0 Å². The summed E-state index contributed by atoms with van der Waals surface area (Å²) in [7, 11) is 3.42. The molecule has 2 heterocycles. The number of likely N-dealkylation sites (tertiary alicyclic amines) is 1. The minimum atomic E-state index is -0.142. The molecule has 0 saturated carbocycles. The van der Waals surface area contributed by atoms with Crippen molar-refractivity contribution in [2.45, 2.75) is 52.0 Å². The Morgan fingerprint density at radius 2 is 2.04 bits per heavy atom. The average Bonchev–Trinajstić information content (AvgIpc) is 2.87. The van der Waals surface area contributed by atoms with E-state index in [9.17, 15) is 9.59 Å². The summed E-state index contributed by atoms with van der Waals surface area (Å²) in [5.74, 6) is 0.601. The number of nitrogens with zero attached hydrogens (tertiary/aromatic N) is 3. The number of hydrogen-bond acceptors (Lipinski definition) is 4. The number of amides is 2. The normalized spacial score (nSPS) is 15.8. The van der Waals surface area contributed by atoms with Crippen LogP contribution in [0, 0.1) is 0 Å². The van der Waals surface area contributed by atoms with Crippen LogP contribution in [0.2, 0.25) is 0 Å². The van der Waals surface area contributed by atoms with E-state index in [1.807, 2.05) is 14.0 Å². The highest BCUT2D eigenvalue weighted by Crippen LogP contribution is 2.21. The smallest absolute Gasteiger partial charge is 0.239 e. The second kappa shape index (κ2) is 8.70. The molecule has 1 saturated heterocycles. The molecule has 1 fully saturated rings. The van der Waals surface area contributed by atoms with Crippen molar-refractivity contribution in [2.75, 3.05) is 20.2 Å². The fourth-order valence-corrected chi connectivity index (χ4v) is 3.12. The van der Waals surface area contributed by atoms with E-state index in [2.05, 4.69) is 10.4 Å². The van der Waals surface area contributed by atoms with Crippen LogP contribution in [-0.4, -0.2) is 46.7 Å². The van der Waals surface area contributed by atoms with Crippen molar-refractivity contribution >= 4 is 11.8 Å². The topological polar surface area (TPSA) is 76.5 Å². The third kappa shape index (κ3) is 4.49. The molecule has 0 atom stereocenters. The Bertz CT molecular complexity index is 583. The van der Waals surface area contributed by atoms with E-state index in [0.717, 1.165) is 43.4 Å². The molecule has 24 heavy (non-hydrogen) atoms. The zero-order chi connectivity index (χ0) is 17.5. The lowest BCUT2D eigenvalue weighted by molar-refractivity contribution is -0.136. The molecule has 7 heteroatoms. The summed E-state index contributed by atoms with van der Waals surface area (Å²) in [5.41, 5.74) is 1.81. The van der Waals surface area contributed by atoms with Crippen LogP contribution in [0.1, 0.15) is 50.3 Å². The van der Waals surface area contributed by atoms with Gasteiger partial charge in [-0.05, 0) is 19.3 Å². The van der Waals surface area contributed by atoms with Gasteiger partial charge in [0.05, 0.1) is 31.5 Å². The SMILES string of the molecule is CCc1nn(C)c(OC)c1CNC(=O)CN1CCCCCCC1=O. The fourth-order valence-electron chi connectivity index (χ4n) is 3.12. The minimum absolute atomic E-state index is 0.0815. The summed E-state index contributed by atoms with van der Waals surface area (Å²) in [6, 6.07) is 0. The van der Waals surface area contributed by atoms with E-state index >= 15 is 0 Å². The number of aromatic nitrogens is 2. The van der Waals surface area contributed by atoms with Gasteiger partial charge in [-0.25, -0.2) is 4.68 Å². The lowest BCUT2D eigenvalue weighted by Crippen LogP contribution is -2.41. The molecule has 0 bridgehead atoms. The molecular formula is C17H28N4O3. The van der Waals surface area contributed by atoms with Gasteiger partial charge in [0.15, 0.2) is 0 Å². The van der Waals surface area contributed by atoms with Crippen molar-refractivity contribution in [3.05, 3.63) is 11.3 Å². The number of rotatable bonds is 6. The highest BCUT2D eigenvalue weighted by atomic mass is 16.5. The number of nitrogens with one attached hydrogen (secondary N) is 1. The lowest BCUT2D eigenvalue weighted by atomic mass is 10.1. The standard InChI is InChI=1S/C17H28N4O3/c1-4-14-13(17(24-3)20(2)19-14)11-18-15(22)12-21-10-8-6-5-7-9-16(21)23/h4-12H2,1-3H3,(H,18,22). The van der Waals surface area contributed by atoms with Gasteiger partial charge >= 0.3 is 0 Å². The molecule has 2 rings (SSSR count). The Morgan fingerprint density at radius 1 is 1.29 bits per heavy atom. The van der Waals surface area contributed by atoms with Gasteiger partial charge in [0.2, 0.25) is 17.7 Å². The van der Waals surface area contributed by atoms with Crippen LogP contribution < -0.4 is 10.1 Å². The first-order valence-corrected chi connectivity index (χ1v) is 8.70. The van der Waals surface area contributed by atoms with Gasteiger partial charge in [-0.1, -0.05) is 19.8 Å². The molecular weight excluding hydrogens is 308 g/mol. The van der Waals surface area contributed by atoms with Crippen LogP contribution in [0.25, 0.3) is 0 Å². The van der Waals surface area contributed by atoms with Gasteiger partial charge in [0.25, 0.3) is 0 Å². The Hall–Kier alpha value is -2.05. The highest BCUT2D eigenvalue weighted by molar-refractivity contribution is 5.84. The fraction of sp³-hybridized carbons (Fsp3) is 0.706. The number of aryl methyl sites for hydroxylation is 2. The predicted octanol–water partition coefficient (Wildman–Crippen LogP) is 1.40. The Morgan fingerprint density at radius 3 is 2.75 bits per heavy atom. The zero-order valence-corrected chi connectivity index (χ0v) is 14.9. The predicted molar refractivity (Wildman–Crippen MR) is 90.6 cm³/mol. The molecule has 0 radical (unpaired) electrons. The molecule has 1 aliphatic heterocycles. The van der Waals surface area contributed by atoms with E-state index in [4.69, 9.17) is 4.74 Å². The van der Waals surface area contributed by atoms with Crippen LogP contribution in [0.3, 0.4) is 0 Å². The maximum Gasteiger partial charge on any atom is 0.239 e. The van der Waals surface area contributed by atoms with Gasteiger partial charge in [-0.3, -0.25) is 9.59 Å². The van der Waals surface area contributed by atoms with E-state index in [1.54, 1.807) is 16.7 Å². The average molecular weight is 336 g/mol. The first kappa shape index (κ1) is 18.3. The van der Waals surface area contributed by atoms with Crippen molar-refractivity contribution in [3.63, 3.8) is 0 Å². The van der Waals surface area contributed by atoms with E-state index in [-0.39, 0.29) is 18.4 Å². The maximum absolute atomic E-state index is 12.3. The molecule has 1 N–H and O–H groups in total. The molecule has 134 valence electrons. The van der Waals surface area contributed by atoms with Crippen LogP contribution in [0.5, 0.6) is 5.88 Å². The van der Waals surface area contributed by atoms with E-state index in [0.29, 0.717) is 25.4 Å². The summed E-state index contributed by atoms with van der Waals surface area (Å²) < 4.78 is 7.06. The van der Waals surface area contributed by atoms with E-state index in [1.165, 1.54) is 0 Å². The van der Waals surface area contributed by atoms with Gasteiger partial charge in [0.1, 0.15) is 0 Å². The molecule has 1 aliphatic rings. The first-order valence-electron chi connectivity index (χ1n) is 8.70. The minimum Gasteiger partial charge on any atom is -0.481 e. The van der Waals surface area contributed by atoms with Crippen molar-refractivity contribution in [2.24, 2.45) is 7.05 Å². The van der Waals surface area contributed by atoms with Crippen LogP contribution in [0.15, 0.2) is 0 Å². The quantitative estimate of drug-likeness (QED) is 0.852. The molecule has 7 nitrogen and oxygen atoms in total. The number of hydrogen-bond donors (Lipinski definition) is 1.